The van der Waals surface area contributed by atoms with Gasteiger partial charge in [0, 0.05) is 21.8 Å². The van der Waals surface area contributed by atoms with Gasteiger partial charge in [-0.15, -0.1) is 22.9 Å². The standard InChI is InChI=1S/C29H33BrClNO3S/c1-4-35-27(33)14-15-32-29(34)23-12-10-21(11-13-23)17-24(22-8-6-5-7-9-22)25-18-36-28(20(25)3)26(30)16-19(2)31/h5-13,16,18-19,24,29,32,34H,4,14-15,17H2,1-3H3/b26-16+. The molecule has 1 heterocycles. The molecule has 0 aliphatic heterocycles. The Kier molecular flexibility index (Phi) is 11.2. The van der Waals surface area contributed by atoms with Crippen LogP contribution in [-0.2, 0) is 16.0 Å². The van der Waals surface area contributed by atoms with Crippen molar-refractivity contribution in [3.8, 4) is 0 Å². The number of hydrogen-bond donors (Lipinski definition) is 2. The van der Waals surface area contributed by atoms with Crippen LogP contribution in [0.1, 0.15) is 65.1 Å². The lowest BCUT2D eigenvalue weighted by Gasteiger charge is -2.19. The Hall–Kier alpha value is -1.96. The lowest BCUT2D eigenvalue weighted by atomic mass is 9.85. The maximum Gasteiger partial charge on any atom is 0.307 e. The molecule has 3 rings (SSSR count). The van der Waals surface area contributed by atoms with Gasteiger partial charge >= 0.3 is 5.97 Å². The second kappa shape index (κ2) is 14.1. The summed E-state index contributed by atoms with van der Waals surface area (Å²) in [5, 5.41) is 15.6. The van der Waals surface area contributed by atoms with Gasteiger partial charge in [0.25, 0.3) is 0 Å². The highest BCUT2D eigenvalue weighted by Gasteiger charge is 2.21. The van der Waals surface area contributed by atoms with Crippen LogP contribution in [-0.4, -0.2) is 29.6 Å². The summed E-state index contributed by atoms with van der Waals surface area (Å²) in [5.74, 6) is -0.0746. The summed E-state index contributed by atoms with van der Waals surface area (Å²) >= 11 is 11.6. The molecule has 0 radical (unpaired) electrons. The molecular weight excluding hydrogens is 558 g/mol. The van der Waals surface area contributed by atoms with Crippen LogP contribution < -0.4 is 5.32 Å². The van der Waals surface area contributed by atoms with Crippen molar-refractivity contribution in [1.29, 1.82) is 0 Å². The van der Waals surface area contributed by atoms with Crippen LogP contribution in [0.4, 0.5) is 0 Å². The number of rotatable bonds is 12. The first-order valence-electron chi connectivity index (χ1n) is 12.1. The van der Waals surface area contributed by atoms with Gasteiger partial charge in [0.05, 0.1) is 18.4 Å². The van der Waals surface area contributed by atoms with E-state index in [0.717, 1.165) is 16.5 Å². The molecule has 0 spiro atoms. The number of halogens is 2. The summed E-state index contributed by atoms with van der Waals surface area (Å²) in [5.41, 5.74) is 5.77. The van der Waals surface area contributed by atoms with Gasteiger partial charge in [-0.25, -0.2) is 0 Å². The van der Waals surface area contributed by atoms with Crippen LogP contribution in [0.2, 0.25) is 0 Å². The molecule has 3 atom stereocenters. The van der Waals surface area contributed by atoms with E-state index in [1.165, 1.54) is 27.1 Å². The molecule has 7 heteroatoms. The maximum absolute atomic E-state index is 11.5. The molecule has 3 unspecified atom stereocenters. The number of ether oxygens (including phenoxy) is 1. The third-order valence-corrected chi connectivity index (χ3v) is 8.14. The highest BCUT2D eigenvalue weighted by molar-refractivity contribution is 9.15. The molecule has 1 aromatic heterocycles. The highest BCUT2D eigenvalue weighted by atomic mass is 79.9. The Morgan fingerprint density at radius 3 is 2.50 bits per heavy atom. The molecule has 36 heavy (non-hydrogen) atoms. The Balaban J connectivity index is 1.77. The summed E-state index contributed by atoms with van der Waals surface area (Å²) in [6.07, 6.45) is 2.24. The number of carbonyl (C=O) groups excluding carboxylic acids is 1. The third kappa shape index (κ3) is 8.02. The van der Waals surface area contributed by atoms with Crippen molar-refractivity contribution in [2.24, 2.45) is 0 Å². The zero-order chi connectivity index (χ0) is 26.1. The fourth-order valence-electron chi connectivity index (χ4n) is 4.11. The monoisotopic (exact) mass is 589 g/mol. The van der Waals surface area contributed by atoms with Gasteiger partial charge < -0.3 is 9.84 Å². The van der Waals surface area contributed by atoms with Gasteiger partial charge in [0.15, 0.2) is 0 Å². The number of aliphatic hydroxyl groups excluding tert-OH is 1. The molecule has 0 saturated carbocycles. The summed E-state index contributed by atoms with van der Waals surface area (Å²) in [7, 11) is 0. The topological polar surface area (TPSA) is 58.6 Å². The number of carbonyl (C=O) groups is 1. The van der Waals surface area contributed by atoms with Gasteiger partial charge in [-0.1, -0.05) is 60.7 Å². The summed E-state index contributed by atoms with van der Waals surface area (Å²) in [6, 6.07) is 18.6. The smallest absolute Gasteiger partial charge is 0.307 e. The number of nitrogens with one attached hydrogen (secondary N) is 1. The minimum atomic E-state index is -0.839. The van der Waals surface area contributed by atoms with Gasteiger partial charge in [-0.3, -0.25) is 10.1 Å². The zero-order valence-electron chi connectivity index (χ0n) is 20.8. The SMILES string of the molecule is CCOC(=O)CCNC(O)c1ccc(CC(c2ccccc2)c2csc(/C(Br)=C\C(C)Cl)c2C)cc1. The number of aliphatic hydroxyl groups is 1. The van der Waals surface area contributed by atoms with Crippen LogP contribution >= 0.6 is 38.9 Å². The van der Waals surface area contributed by atoms with Gasteiger partial charge in [-0.2, -0.15) is 0 Å². The minimum absolute atomic E-state index is 0.0530. The number of hydrogen-bond acceptors (Lipinski definition) is 5. The number of benzene rings is 2. The normalized spacial score (nSPS) is 14.3. The maximum atomic E-state index is 11.5. The number of allylic oxidation sites excluding steroid dienone is 1. The van der Waals surface area contributed by atoms with E-state index in [1.807, 2.05) is 31.2 Å². The Morgan fingerprint density at radius 1 is 1.17 bits per heavy atom. The van der Waals surface area contributed by atoms with E-state index in [-0.39, 0.29) is 23.7 Å². The molecule has 192 valence electrons. The van der Waals surface area contributed by atoms with Gasteiger partial charge in [0.1, 0.15) is 6.23 Å². The predicted octanol–water partition coefficient (Wildman–Crippen LogP) is 7.33. The van der Waals surface area contributed by atoms with Crippen LogP contribution in [0.25, 0.3) is 4.48 Å². The van der Waals surface area contributed by atoms with Gasteiger partial charge in [-0.05, 0) is 76.3 Å². The summed E-state index contributed by atoms with van der Waals surface area (Å²) < 4.78 is 5.95. The lowest BCUT2D eigenvalue weighted by molar-refractivity contribution is -0.143. The Morgan fingerprint density at radius 2 is 1.86 bits per heavy atom. The fourth-order valence-corrected chi connectivity index (χ4v) is 6.43. The number of esters is 1. The van der Waals surface area contributed by atoms with Crippen molar-refractivity contribution in [3.05, 3.63) is 98.7 Å². The largest absolute Gasteiger partial charge is 0.466 e. The average molecular weight is 591 g/mol. The molecule has 0 fully saturated rings. The van der Waals surface area contributed by atoms with E-state index in [2.05, 4.69) is 69.9 Å². The first-order chi connectivity index (χ1) is 17.3. The van der Waals surface area contributed by atoms with E-state index in [9.17, 15) is 9.90 Å². The molecule has 0 amide bonds. The van der Waals surface area contributed by atoms with E-state index in [1.54, 1.807) is 18.3 Å². The molecule has 0 aliphatic rings. The second-order valence-electron chi connectivity index (χ2n) is 8.66. The van der Waals surface area contributed by atoms with Crippen LogP contribution in [0.5, 0.6) is 0 Å². The molecule has 2 aromatic carbocycles. The van der Waals surface area contributed by atoms with Crippen LogP contribution in [0.3, 0.4) is 0 Å². The van der Waals surface area contributed by atoms with Crippen LogP contribution in [0.15, 0.2) is 66.1 Å². The van der Waals surface area contributed by atoms with Gasteiger partial charge in [0.2, 0.25) is 0 Å². The van der Waals surface area contributed by atoms with Crippen molar-refractivity contribution in [3.63, 3.8) is 0 Å². The molecule has 0 aliphatic carbocycles. The molecule has 0 saturated heterocycles. The number of alkyl halides is 1. The highest BCUT2D eigenvalue weighted by Crippen LogP contribution is 2.39. The molecule has 4 nitrogen and oxygen atoms in total. The molecular formula is C29H33BrClNO3S. The van der Waals surface area contributed by atoms with E-state index in [0.29, 0.717) is 13.2 Å². The fraction of sp³-hybridized carbons (Fsp3) is 0.345. The molecule has 3 aromatic rings. The quantitative estimate of drug-likeness (QED) is 0.132. The van der Waals surface area contributed by atoms with Crippen molar-refractivity contribution >= 4 is 49.3 Å². The van der Waals surface area contributed by atoms with Crippen molar-refractivity contribution in [1.82, 2.24) is 5.32 Å². The third-order valence-electron chi connectivity index (χ3n) is 5.96. The summed E-state index contributed by atoms with van der Waals surface area (Å²) in [4.78, 5) is 12.7. The van der Waals surface area contributed by atoms with Crippen molar-refractivity contribution in [2.45, 2.75) is 51.1 Å². The van der Waals surface area contributed by atoms with E-state index >= 15 is 0 Å². The van der Waals surface area contributed by atoms with E-state index < -0.39 is 6.23 Å². The summed E-state index contributed by atoms with van der Waals surface area (Å²) in [6.45, 7) is 6.62. The Bertz CT molecular complexity index is 1150. The van der Waals surface area contributed by atoms with Crippen molar-refractivity contribution in [2.75, 3.05) is 13.2 Å². The average Bonchev–Trinajstić information content (AvgIpc) is 3.24. The van der Waals surface area contributed by atoms with Crippen LogP contribution in [0, 0.1) is 6.92 Å². The Labute approximate surface area is 231 Å². The number of thiophene rings is 1. The van der Waals surface area contributed by atoms with E-state index in [4.69, 9.17) is 16.3 Å². The molecule has 2 N–H and O–H groups in total. The first kappa shape index (κ1) is 28.6. The first-order valence-corrected chi connectivity index (χ1v) is 14.2. The predicted molar refractivity (Wildman–Crippen MR) is 154 cm³/mol. The molecule has 0 bridgehead atoms. The minimum Gasteiger partial charge on any atom is -0.466 e. The second-order valence-corrected chi connectivity index (χ2v) is 11.1. The lowest BCUT2D eigenvalue weighted by Crippen LogP contribution is -2.24. The van der Waals surface area contributed by atoms with Crippen molar-refractivity contribution < 1.29 is 14.6 Å². The zero-order valence-corrected chi connectivity index (χ0v) is 24.0.